The Balaban J connectivity index is 1.55. The van der Waals surface area contributed by atoms with Crippen molar-refractivity contribution in [1.82, 2.24) is 15.1 Å². The number of piperazine rings is 1. The summed E-state index contributed by atoms with van der Waals surface area (Å²) in [7, 11) is 1.55. The molecule has 2 fully saturated rings. The molecule has 0 atom stereocenters. The third-order valence-corrected chi connectivity index (χ3v) is 3.89. The summed E-state index contributed by atoms with van der Waals surface area (Å²) in [5.74, 6) is 1.61. The Labute approximate surface area is 118 Å². The van der Waals surface area contributed by atoms with Crippen LogP contribution in [0.2, 0.25) is 0 Å². The summed E-state index contributed by atoms with van der Waals surface area (Å²) in [6.45, 7) is 3.19. The van der Waals surface area contributed by atoms with E-state index in [9.17, 15) is 4.79 Å². The predicted octanol–water partition coefficient (Wildman–Crippen LogP) is 0.649. The first-order chi connectivity index (χ1) is 9.78. The number of nitrogens with zero attached hydrogens (tertiary/aromatic N) is 4. The van der Waals surface area contributed by atoms with Crippen molar-refractivity contribution in [2.75, 3.05) is 44.8 Å². The van der Waals surface area contributed by atoms with Gasteiger partial charge >= 0.3 is 0 Å². The van der Waals surface area contributed by atoms with Crippen LogP contribution in [-0.2, 0) is 9.53 Å². The molecule has 1 aliphatic heterocycles. The number of ether oxygens (including phenoxy) is 1. The lowest BCUT2D eigenvalue weighted by atomic mass is 10.2. The van der Waals surface area contributed by atoms with Crippen molar-refractivity contribution < 1.29 is 9.53 Å². The average molecular weight is 276 g/mol. The SMILES string of the molecule is COCC(=O)N1CCN(c2ccc(C3CC3)nn2)CC1. The smallest absolute Gasteiger partial charge is 0.248 e. The largest absolute Gasteiger partial charge is 0.375 e. The second-order valence-corrected chi connectivity index (χ2v) is 5.39. The van der Waals surface area contributed by atoms with Gasteiger partial charge in [-0.2, -0.15) is 5.10 Å². The third kappa shape index (κ3) is 2.90. The maximum absolute atomic E-state index is 11.7. The van der Waals surface area contributed by atoms with E-state index in [0.717, 1.165) is 24.6 Å². The fraction of sp³-hybridized carbons (Fsp3) is 0.643. The Kier molecular flexibility index (Phi) is 3.82. The van der Waals surface area contributed by atoms with Gasteiger partial charge in [-0.15, -0.1) is 5.10 Å². The topological polar surface area (TPSA) is 58.6 Å². The predicted molar refractivity (Wildman–Crippen MR) is 74.7 cm³/mol. The van der Waals surface area contributed by atoms with Crippen LogP contribution in [0, 0.1) is 0 Å². The molecule has 1 saturated carbocycles. The Morgan fingerprint density at radius 1 is 1.25 bits per heavy atom. The van der Waals surface area contributed by atoms with Crippen LogP contribution < -0.4 is 4.90 Å². The van der Waals surface area contributed by atoms with Gasteiger partial charge < -0.3 is 14.5 Å². The molecule has 2 aliphatic rings. The number of carbonyl (C=O) groups excluding carboxylic acids is 1. The number of hydrogen-bond donors (Lipinski definition) is 0. The molecule has 2 heterocycles. The van der Waals surface area contributed by atoms with E-state index >= 15 is 0 Å². The van der Waals surface area contributed by atoms with Gasteiger partial charge in [0.25, 0.3) is 0 Å². The van der Waals surface area contributed by atoms with Gasteiger partial charge in [0.1, 0.15) is 6.61 Å². The maximum atomic E-state index is 11.7. The van der Waals surface area contributed by atoms with Gasteiger partial charge in [0, 0.05) is 39.2 Å². The molecular weight excluding hydrogens is 256 g/mol. The standard InChI is InChI=1S/C14H20N4O2/c1-20-10-14(19)18-8-6-17(7-9-18)13-5-4-12(15-16-13)11-2-3-11/h4-5,11H,2-3,6-10H2,1H3. The Bertz CT molecular complexity index is 465. The zero-order valence-corrected chi connectivity index (χ0v) is 11.8. The van der Waals surface area contributed by atoms with Crippen LogP contribution in [0.1, 0.15) is 24.5 Å². The number of anilines is 1. The zero-order valence-electron chi connectivity index (χ0n) is 11.8. The van der Waals surface area contributed by atoms with Crippen molar-refractivity contribution in [2.45, 2.75) is 18.8 Å². The van der Waals surface area contributed by atoms with Gasteiger partial charge in [0.05, 0.1) is 5.69 Å². The molecule has 1 amide bonds. The van der Waals surface area contributed by atoms with E-state index in [0.29, 0.717) is 19.0 Å². The molecular formula is C14H20N4O2. The summed E-state index contributed by atoms with van der Waals surface area (Å²) in [6, 6.07) is 4.13. The molecule has 0 bridgehead atoms. The molecule has 3 rings (SSSR count). The van der Waals surface area contributed by atoms with E-state index < -0.39 is 0 Å². The van der Waals surface area contributed by atoms with Gasteiger partial charge in [-0.25, -0.2) is 0 Å². The highest BCUT2D eigenvalue weighted by atomic mass is 16.5. The fourth-order valence-corrected chi connectivity index (χ4v) is 2.50. The van der Waals surface area contributed by atoms with E-state index in [-0.39, 0.29) is 12.5 Å². The lowest BCUT2D eigenvalue weighted by molar-refractivity contribution is -0.135. The van der Waals surface area contributed by atoms with Crippen molar-refractivity contribution in [3.63, 3.8) is 0 Å². The number of aromatic nitrogens is 2. The molecule has 0 N–H and O–H groups in total. The molecule has 1 saturated heterocycles. The highest BCUT2D eigenvalue weighted by Crippen LogP contribution is 2.38. The van der Waals surface area contributed by atoms with Crippen LogP contribution >= 0.6 is 0 Å². The molecule has 6 heteroatoms. The van der Waals surface area contributed by atoms with Crippen molar-refractivity contribution in [3.8, 4) is 0 Å². The second-order valence-electron chi connectivity index (χ2n) is 5.39. The number of hydrogen-bond acceptors (Lipinski definition) is 5. The normalized spacial score (nSPS) is 19.2. The number of rotatable bonds is 4. The van der Waals surface area contributed by atoms with Gasteiger partial charge in [-0.1, -0.05) is 0 Å². The minimum Gasteiger partial charge on any atom is -0.375 e. The van der Waals surface area contributed by atoms with E-state index in [1.165, 1.54) is 12.8 Å². The van der Waals surface area contributed by atoms with Crippen molar-refractivity contribution in [2.24, 2.45) is 0 Å². The summed E-state index contributed by atoms with van der Waals surface area (Å²) < 4.78 is 4.88. The average Bonchev–Trinajstić information content (AvgIpc) is 3.33. The molecule has 0 radical (unpaired) electrons. The molecule has 108 valence electrons. The first-order valence-electron chi connectivity index (χ1n) is 7.13. The highest BCUT2D eigenvalue weighted by Gasteiger charge is 2.26. The first kappa shape index (κ1) is 13.3. The van der Waals surface area contributed by atoms with Gasteiger partial charge in [-0.3, -0.25) is 4.79 Å². The van der Waals surface area contributed by atoms with Crippen LogP contribution in [0.25, 0.3) is 0 Å². The molecule has 1 aromatic rings. The zero-order chi connectivity index (χ0) is 13.9. The van der Waals surface area contributed by atoms with E-state index in [1.807, 2.05) is 11.0 Å². The third-order valence-electron chi connectivity index (χ3n) is 3.89. The van der Waals surface area contributed by atoms with Gasteiger partial charge in [-0.05, 0) is 25.0 Å². The molecule has 0 unspecified atom stereocenters. The van der Waals surface area contributed by atoms with E-state index in [1.54, 1.807) is 7.11 Å². The summed E-state index contributed by atoms with van der Waals surface area (Å²) in [5.41, 5.74) is 1.11. The Hall–Kier alpha value is -1.69. The number of methoxy groups -OCH3 is 1. The highest BCUT2D eigenvalue weighted by molar-refractivity contribution is 5.77. The summed E-state index contributed by atoms with van der Waals surface area (Å²) >= 11 is 0. The van der Waals surface area contributed by atoms with Gasteiger partial charge in [0.2, 0.25) is 5.91 Å². The fourth-order valence-electron chi connectivity index (χ4n) is 2.50. The summed E-state index contributed by atoms with van der Waals surface area (Å²) in [6.07, 6.45) is 2.49. The van der Waals surface area contributed by atoms with Gasteiger partial charge in [0.15, 0.2) is 5.82 Å². The molecule has 1 aliphatic carbocycles. The monoisotopic (exact) mass is 276 g/mol. The van der Waals surface area contributed by atoms with Crippen molar-refractivity contribution in [3.05, 3.63) is 17.8 Å². The lowest BCUT2D eigenvalue weighted by Gasteiger charge is -2.35. The lowest BCUT2D eigenvalue weighted by Crippen LogP contribution is -2.50. The Morgan fingerprint density at radius 2 is 2.00 bits per heavy atom. The Morgan fingerprint density at radius 3 is 2.55 bits per heavy atom. The van der Waals surface area contributed by atoms with Crippen LogP contribution in [-0.4, -0.2) is 60.9 Å². The van der Waals surface area contributed by atoms with E-state index in [2.05, 4.69) is 21.2 Å². The molecule has 0 aromatic carbocycles. The molecule has 20 heavy (non-hydrogen) atoms. The quantitative estimate of drug-likeness (QED) is 0.808. The van der Waals surface area contributed by atoms with Crippen LogP contribution in [0.4, 0.5) is 5.82 Å². The van der Waals surface area contributed by atoms with Crippen LogP contribution in [0.3, 0.4) is 0 Å². The molecule has 6 nitrogen and oxygen atoms in total. The van der Waals surface area contributed by atoms with E-state index in [4.69, 9.17) is 4.74 Å². The minimum atomic E-state index is 0.0577. The first-order valence-corrected chi connectivity index (χ1v) is 7.13. The summed E-state index contributed by atoms with van der Waals surface area (Å²) in [5, 5.41) is 8.62. The number of amides is 1. The van der Waals surface area contributed by atoms with Crippen LogP contribution in [0.5, 0.6) is 0 Å². The molecule has 0 spiro atoms. The maximum Gasteiger partial charge on any atom is 0.248 e. The van der Waals surface area contributed by atoms with Crippen molar-refractivity contribution in [1.29, 1.82) is 0 Å². The van der Waals surface area contributed by atoms with Crippen LogP contribution in [0.15, 0.2) is 12.1 Å². The van der Waals surface area contributed by atoms with Crippen molar-refractivity contribution >= 4 is 11.7 Å². The minimum absolute atomic E-state index is 0.0577. The second kappa shape index (κ2) is 5.75. The summed E-state index contributed by atoms with van der Waals surface area (Å²) in [4.78, 5) is 15.7. The molecule has 1 aromatic heterocycles. The number of carbonyl (C=O) groups is 1.